The summed E-state index contributed by atoms with van der Waals surface area (Å²) in [4.78, 5) is 0. The molecule has 1 fully saturated rings. The molecule has 0 saturated heterocycles. The van der Waals surface area contributed by atoms with Gasteiger partial charge in [-0.1, -0.05) is 91.6 Å². The minimum absolute atomic E-state index is 0.724. The molecule has 0 radical (unpaired) electrons. The molecule has 0 amide bonds. The number of nitrogens with one attached hydrogen (secondary N) is 1. The lowest BCUT2D eigenvalue weighted by Gasteiger charge is -2.25. The summed E-state index contributed by atoms with van der Waals surface area (Å²) in [5.74, 6) is 0.724. The van der Waals surface area contributed by atoms with E-state index in [4.69, 9.17) is 0 Å². The first kappa shape index (κ1) is 17.9. The molecule has 1 nitrogen and oxygen atoms in total. The SMILES string of the molecule is Cc1ccc(NCc2ccc(-c3ccccc3)cc2)c(C2CCCCC2)c1. The minimum atomic E-state index is 0.724. The summed E-state index contributed by atoms with van der Waals surface area (Å²) in [6, 6.07) is 26.4. The second kappa shape index (κ2) is 8.43. The van der Waals surface area contributed by atoms with Crippen molar-refractivity contribution in [1.82, 2.24) is 0 Å². The molecule has 3 aromatic carbocycles. The summed E-state index contributed by atoms with van der Waals surface area (Å²) in [6.07, 6.45) is 6.82. The van der Waals surface area contributed by atoms with Crippen LogP contribution in [0.2, 0.25) is 0 Å². The van der Waals surface area contributed by atoms with Gasteiger partial charge in [0, 0.05) is 12.2 Å². The molecule has 1 aliphatic carbocycles. The van der Waals surface area contributed by atoms with Crippen LogP contribution in [0.4, 0.5) is 5.69 Å². The van der Waals surface area contributed by atoms with E-state index in [1.165, 1.54) is 65.6 Å². The maximum Gasteiger partial charge on any atom is 0.0400 e. The van der Waals surface area contributed by atoms with Crippen LogP contribution in [0, 0.1) is 6.92 Å². The Morgan fingerprint density at radius 1 is 0.778 bits per heavy atom. The predicted molar refractivity (Wildman–Crippen MR) is 116 cm³/mol. The van der Waals surface area contributed by atoms with Crippen LogP contribution in [0.25, 0.3) is 11.1 Å². The van der Waals surface area contributed by atoms with Crippen molar-refractivity contribution in [2.24, 2.45) is 0 Å². The summed E-state index contributed by atoms with van der Waals surface area (Å²) >= 11 is 0. The third-order valence-corrected chi connectivity index (χ3v) is 5.80. The van der Waals surface area contributed by atoms with Crippen molar-refractivity contribution in [1.29, 1.82) is 0 Å². The molecular weight excluding hydrogens is 326 g/mol. The maximum atomic E-state index is 3.71. The third-order valence-electron chi connectivity index (χ3n) is 5.80. The van der Waals surface area contributed by atoms with Gasteiger partial charge in [-0.3, -0.25) is 0 Å². The van der Waals surface area contributed by atoms with E-state index in [0.717, 1.165) is 12.5 Å². The Morgan fingerprint density at radius 3 is 2.22 bits per heavy atom. The molecule has 1 N–H and O–H groups in total. The number of anilines is 1. The molecule has 138 valence electrons. The average molecular weight is 356 g/mol. The average Bonchev–Trinajstić information content (AvgIpc) is 2.74. The third kappa shape index (κ3) is 4.42. The van der Waals surface area contributed by atoms with Gasteiger partial charge in [0.25, 0.3) is 0 Å². The summed E-state index contributed by atoms with van der Waals surface area (Å²) < 4.78 is 0. The highest BCUT2D eigenvalue weighted by Crippen LogP contribution is 2.37. The van der Waals surface area contributed by atoms with Crippen LogP contribution >= 0.6 is 0 Å². The van der Waals surface area contributed by atoms with Crippen molar-refractivity contribution in [3.63, 3.8) is 0 Å². The number of hydrogen-bond donors (Lipinski definition) is 1. The lowest BCUT2D eigenvalue weighted by Crippen LogP contribution is -2.09. The summed E-state index contributed by atoms with van der Waals surface area (Å²) in [5.41, 5.74) is 8.08. The zero-order valence-electron chi connectivity index (χ0n) is 16.2. The van der Waals surface area contributed by atoms with E-state index >= 15 is 0 Å². The smallest absolute Gasteiger partial charge is 0.0400 e. The highest BCUT2D eigenvalue weighted by atomic mass is 14.9. The van der Waals surface area contributed by atoms with Gasteiger partial charge in [0.05, 0.1) is 0 Å². The molecule has 27 heavy (non-hydrogen) atoms. The number of aryl methyl sites for hydroxylation is 1. The van der Waals surface area contributed by atoms with Crippen molar-refractivity contribution in [2.45, 2.75) is 51.5 Å². The fourth-order valence-electron chi connectivity index (χ4n) is 4.24. The van der Waals surface area contributed by atoms with Crippen molar-refractivity contribution in [2.75, 3.05) is 5.32 Å². The lowest BCUT2D eigenvalue weighted by atomic mass is 9.83. The van der Waals surface area contributed by atoms with Gasteiger partial charge in [-0.05, 0) is 54.0 Å². The molecule has 0 spiro atoms. The number of hydrogen-bond acceptors (Lipinski definition) is 1. The Bertz CT molecular complexity index is 858. The topological polar surface area (TPSA) is 12.0 Å². The van der Waals surface area contributed by atoms with E-state index in [1.54, 1.807) is 0 Å². The number of benzene rings is 3. The van der Waals surface area contributed by atoms with Crippen LogP contribution in [0.15, 0.2) is 72.8 Å². The Kier molecular flexibility index (Phi) is 5.58. The summed E-state index contributed by atoms with van der Waals surface area (Å²) in [7, 11) is 0. The highest BCUT2D eigenvalue weighted by Gasteiger charge is 2.18. The minimum Gasteiger partial charge on any atom is -0.381 e. The molecule has 0 bridgehead atoms. The Morgan fingerprint density at radius 2 is 1.48 bits per heavy atom. The van der Waals surface area contributed by atoms with Gasteiger partial charge in [-0.2, -0.15) is 0 Å². The largest absolute Gasteiger partial charge is 0.381 e. The summed E-state index contributed by atoms with van der Waals surface area (Å²) in [6.45, 7) is 3.08. The van der Waals surface area contributed by atoms with Gasteiger partial charge in [0.1, 0.15) is 0 Å². The van der Waals surface area contributed by atoms with Crippen LogP contribution in [0.3, 0.4) is 0 Å². The molecule has 3 aromatic rings. The molecule has 0 unspecified atom stereocenters. The molecule has 0 aliphatic heterocycles. The van der Waals surface area contributed by atoms with Gasteiger partial charge in [0.15, 0.2) is 0 Å². The van der Waals surface area contributed by atoms with Crippen molar-refractivity contribution < 1.29 is 0 Å². The molecule has 0 atom stereocenters. The second-order valence-corrected chi connectivity index (χ2v) is 7.84. The van der Waals surface area contributed by atoms with Crippen molar-refractivity contribution >= 4 is 5.69 Å². The Hall–Kier alpha value is -2.54. The molecule has 1 aliphatic rings. The van der Waals surface area contributed by atoms with E-state index < -0.39 is 0 Å². The van der Waals surface area contributed by atoms with Crippen LogP contribution in [0.1, 0.15) is 54.7 Å². The van der Waals surface area contributed by atoms with Gasteiger partial charge >= 0.3 is 0 Å². The van der Waals surface area contributed by atoms with E-state index in [0.29, 0.717) is 0 Å². The molecule has 4 rings (SSSR count). The van der Waals surface area contributed by atoms with E-state index in [9.17, 15) is 0 Å². The first-order valence-electron chi connectivity index (χ1n) is 10.3. The highest BCUT2D eigenvalue weighted by molar-refractivity contribution is 5.63. The predicted octanol–water partition coefficient (Wildman–Crippen LogP) is 7.32. The number of rotatable bonds is 5. The molecule has 0 heterocycles. The molecule has 0 aromatic heterocycles. The normalized spacial score (nSPS) is 14.9. The van der Waals surface area contributed by atoms with Crippen molar-refractivity contribution in [3.8, 4) is 11.1 Å². The fourth-order valence-corrected chi connectivity index (χ4v) is 4.24. The van der Waals surface area contributed by atoms with E-state index in [1.807, 2.05) is 0 Å². The van der Waals surface area contributed by atoms with Gasteiger partial charge in [0.2, 0.25) is 0 Å². The monoisotopic (exact) mass is 355 g/mol. The van der Waals surface area contributed by atoms with Gasteiger partial charge in [-0.15, -0.1) is 0 Å². The van der Waals surface area contributed by atoms with Crippen LogP contribution in [0.5, 0.6) is 0 Å². The Labute approximate surface area is 163 Å². The molecule has 1 heteroatoms. The molecule has 1 saturated carbocycles. The zero-order valence-corrected chi connectivity index (χ0v) is 16.2. The lowest BCUT2D eigenvalue weighted by molar-refractivity contribution is 0.444. The zero-order chi connectivity index (χ0) is 18.5. The second-order valence-electron chi connectivity index (χ2n) is 7.84. The van der Waals surface area contributed by atoms with Crippen LogP contribution in [-0.4, -0.2) is 0 Å². The van der Waals surface area contributed by atoms with Gasteiger partial charge < -0.3 is 5.32 Å². The van der Waals surface area contributed by atoms with Crippen molar-refractivity contribution in [3.05, 3.63) is 89.5 Å². The van der Waals surface area contributed by atoms with Crippen LogP contribution in [-0.2, 0) is 6.54 Å². The first-order valence-corrected chi connectivity index (χ1v) is 10.3. The van der Waals surface area contributed by atoms with E-state index in [-0.39, 0.29) is 0 Å². The van der Waals surface area contributed by atoms with Gasteiger partial charge in [-0.25, -0.2) is 0 Å². The van der Waals surface area contributed by atoms with Crippen LogP contribution < -0.4 is 5.32 Å². The maximum absolute atomic E-state index is 3.71. The quantitative estimate of drug-likeness (QED) is 0.505. The fraction of sp³-hybridized carbons (Fsp3) is 0.308. The Balaban J connectivity index is 1.47. The molecular formula is C26H29N. The standard InChI is InChI=1S/C26H29N/c1-20-12-17-26(25(18-20)24-10-6-3-7-11-24)27-19-21-13-15-23(16-14-21)22-8-4-2-5-9-22/h2,4-5,8-9,12-18,24,27H,3,6-7,10-11,19H2,1H3. The first-order chi connectivity index (χ1) is 13.3. The van der Waals surface area contributed by atoms with E-state index in [2.05, 4.69) is 85.0 Å². The summed E-state index contributed by atoms with van der Waals surface area (Å²) in [5, 5.41) is 3.71.